The second kappa shape index (κ2) is 4.44. The molecule has 5 heterocycles. The number of hydrogen-bond donors (Lipinski definition) is 0. The van der Waals surface area contributed by atoms with Gasteiger partial charge in [0.05, 0.1) is 0 Å². The summed E-state index contributed by atoms with van der Waals surface area (Å²) in [5, 5.41) is 1.14. The van der Waals surface area contributed by atoms with Gasteiger partial charge in [-0.2, -0.15) is 0 Å². The summed E-state index contributed by atoms with van der Waals surface area (Å²) in [7, 11) is -3.42. The molecule has 0 unspecified atom stereocenters. The van der Waals surface area contributed by atoms with Gasteiger partial charge in [0.25, 0.3) is 0 Å². The molecule has 2 radical (unpaired) electrons. The molecular weight excluding hydrogens is 337 g/mol. The predicted octanol–water partition coefficient (Wildman–Crippen LogP) is 2.75. The SMILES string of the molecule is [CH]P12(c3ccccc3)[n+]3ccccc3-c3cccc([n+]31)-c1cccc[n+]12. The van der Waals surface area contributed by atoms with Gasteiger partial charge >= 0.3 is 152 Å². The van der Waals surface area contributed by atoms with Crippen molar-refractivity contribution >= 4 is 12.4 Å². The Morgan fingerprint density at radius 1 is 0.538 bits per heavy atom. The van der Waals surface area contributed by atoms with Crippen molar-refractivity contribution in [3.63, 3.8) is 0 Å². The third kappa shape index (κ3) is 1.30. The van der Waals surface area contributed by atoms with Crippen LogP contribution in [0.4, 0.5) is 0 Å². The van der Waals surface area contributed by atoms with Crippen LogP contribution in [0.1, 0.15) is 0 Å². The van der Waals surface area contributed by atoms with Crippen LogP contribution in [0.3, 0.4) is 0 Å². The van der Waals surface area contributed by atoms with Crippen molar-refractivity contribution in [2.45, 2.75) is 0 Å². The molecule has 3 aromatic heterocycles. The second-order valence-corrected chi connectivity index (χ2v) is 10.7. The Hall–Kier alpha value is -2.90. The average molecular weight is 354 g/mol. The zero-order chi connectivity index (χ0) is 17.4. The van der Waals surface area contributed by atoms with E-state index in [-0.39, 0.29) is 0 Å². The first kappa shape index (κ1) is 14.3. The van der Waals surface area contributed by atoms with Crippen molar-refractivity contribution < 1.29 is 13.0 Å². The van der Waals surface area contributed by atoms with Gasteiger partial charge in [-0.1, -0.05) is 0 Å². The van der Waals surface area contributed by atoms with Crippen LogP contribution in [-0.2, 0) is 0 Å². The Kier molecular flexibility index (Phi) is 2.44. The van der Waals surface area contributed by atoms with E-state index in [1.165, 1.54) is 0 Å². The quantitative estimate of drug-likeness (QED) is 0.466. The van der Waals surface area contributed by atoms with Crippen LogP contribution >= 0.6 is 7.06 Å². The van der Waals surface area contributed by atoms with Gasteiger partial charge in [-0.25, -0.2) is 0 Å². The molecule has 4 heteroatoms. The number of aromatic nitrogens is 3. The van der Waals surface area contributed by atoms with E-state index in [1.54, 1.807) is 0 Å². The topological polar surface area (TPSA) is 11.6 Å². The maximum atomic E-state index is 7.71. The Labute approximate surface area is 152 Å². The van der Waals surface area contributed by atoms with Crippen molar-refractivity contribution in [3.05, 3.63) is 104 Å². The summed E-state index contributed by atoms with van der Waals surface area (Å²) in [6.07, 6.45) is 4.26. The minimum absolute atomic E-state index is 1.14. The molecule has 2 aliphatic rings. The molecule has 0 aliphatic carbocycles. The maximum absolute atomic E-state index is 7.71. The molecule has 122 valence electrons. The van der Waals surface area contributed by atoms with E-state index in [1.807, 2.05) is 6.07 Å². The molecular formula is C22H17N3P+3. The van der Waals surface area contributed by atoms with Crippen molar-refractivity contribution in [1.82, 2.24) is 0 Å². The zero-order valence-electron chi connectivity index (χ0n) is 14.1. The number of hydrogen-bond acceptors (Lipinski definition) is 0. The third-order valence-corrected chi connectivity index (χ3v) is 10.6. The van der Waals surface area contributed by atoms with Crippen LogP contribution in [0.2, 0.25) is 0 Å². The minimum atomic E-state index is -3.42. The molecule has 0 saturated carbocycles. The van der Waals surface area contributed by atoms with Crippen molar-refractivity contribution in [2.75, 3.05) is 0 Å². The Balaban J connectivity index is 1.96. The monoisotopic (exact) mass is 354 g/mol. The summed E-state index contributed by atoms with van der Waals surface area (Å²) in [5.41, 5.74) is 4.63. The number of benzene rings is 1. The molecule has 0 spiro atoms. The van der Waals surface area contributed by atoms with Crippen LogP contribution in [0, 0.1) is 6.66 Å². The molecule has 0 amide bonds. The molecule has 0 atom stereocenters. The summed E-state index contributed by atoms with van der Waals surface area (Å²) in [6.45, 7) is 7.71. The fraction of sp³-hybridized carbons (Fsp3) is 0. The second-order valence-electron chi connectivity index (χ2n) is 6.85. The summed E-state index contributed by atoms with van der Waals surface area (Å²) in [6, 6.07) is 29.6. The molecule has 0 bridgehead atoms. The number of nitrogens with zero attached hydrogens (tertiary/aromatic N) is 3. The molecule has 0 saturated heterocycles. The first-order valence-electron chi connectivity index (χ1n) is 8.72. The molecule has 26 heavy (non-hydrogen) atoms. The van der Waals surface area contributed by atoms with Gasteiger partial charge in [0.2, 0.25) is 0 Å². The van der Waals surface area contributed by atoms with Gasteiger partial charge < -0.3 is 0 Å². The summed E-state index contributed by atoms with van der Waals surface area (Å²) < 4.78 is 7.03. The van der Waals surface area contributed by atoms with Crippen LogP contribution in [0.5, 0.6) is 0 Å². The predicted molar refractivity (Wildman–Crippen MR) is 101 cm³/mol. The first-order valence-corrected chi connectivity index (χ1v) is 10.9. The van der Waals surface area contributed by atoms with E-state index in [0.717, 1.165) is 28.1 Å². The number of pyridine rings is 3. The van der Waals surface area contributed by atoms with Gasteiger partial charge in [0.1, 0.15) is 0 Å². The van der Waals surface area contributed by atoms with Crippen molar-refractivity contribution in [3.8, 4) is 22.8 Å². The van der Waals surface area contributed by atoms with Crippen molar-refractivity contribution in [1.29, 1.82) is 0 Å². The van der Waals surface area contributed by atoms with Gasteiger partial charge in [0, 0.05) is 0 Å². The van der Waals surface area contributed by atoms with E-state index in [2.05, 4.69) is 104 Å². The van der Waals surface area contributed by atoms with E-state index >= 15 is 0 Å². The normalized spacial score (nSPS) is 18.3. The van der Waals surface area contributed by atoms with Gasteiger partial charge in [-0.15, -0.1) is 0 Å². The van der Waals surface area contributed by atoms with Crippen molar-refractivity contribution in [2.24, 2.45) is 0 Å². The van der Waals surface area contributed by atoms with E-state index < -0.39 is 7.06 Å². The third-order valence-electron chi connectivity index (χ3n) is 5.66. The number of rotatable bonds is 1. The fourth-order valence-corrected chi connectivity index (χ4v) is 9.77. The number of fused-ring (bicyclic) bond motifs is 6. The Morgan fingerprint density at radius 2 is 1.04 bits per heavy atom. The fourth-order valence-electron chi connectivity index (χ4n) is 4.65. The van der Waals surface area contributed by atoms with E-state index in [4.69, 9.17) is 6.66 Å². The molecule has 4 aromatic rings. The zero-order valence-corrected chi connectivity index (χ0v) is 15.0. The molecule has 0 fully saturated rings. The van der Waals surface area contributed by atoms with Gasteiger partial charge in [-0.3, -0.25) is 0 Å². The van der Waals surface area contributed by atoms with Crippen LogP contribution < -0.4 is 18.3 Å². The van der Waals surface area contributed by atoms with Crippen LogP contribution in [0.25, 0.3) is 22.8 Å². The molecule has 6 rings (SSSR count). The summed E-state index contributed by atoms with van der Waals surface area (Å²) in [5.74, 6) is 0. The molecule has 0 N–H and O–H groups in total. The van der Waals surface area contributed by atoms with Gasteiger partial charge in [0.15, 0.2) is 0 Å². The molecule has 2 aliphatic heterocycles. The Morgan fingerprint density at radius 3 is 1.62 bits per heavy atom. The standard InChI is InChI=1S/C22H17N3P/c1-26(18-10-3-2-4-11-18)23-16-7-5-12-19(23)21-14-9-15-22(25(21)26)20-13-6-8-17-24(20)26/h1-17H/q+3. The molecule has 1 aromatic carbocycles. The van der Waals surface area contributed by atoms with Gasteiger partial charge in [-0.05, 0) is 0 Å². The molecule has 3 nitrogen and oxygen atoms in total. The van der Waals surface area contributed by atoms with Crippen LogP contribution in [-0.4, -0.2) is 0 Å². The Bertz CT molecular complexity index is 1150. The first-order chi connectivity index (χ1) is 12.7. The van der Waals surface area contributed by atoms with E-state index in [9.17, 15) is 0 Å². The average Bonchev–Trinajstić information content (AvgIpc) is 3.12. The van der Waals surface area contributed by atoms with E-state index in [0.29, 0.717) is 0 Å². The summed E-state index contributed by atoms with van der Waals surface area (Å²) >= 11 is 0. The van der Waals surface area contributed by atoms with Crippen LogP contribution in [0.15, 0.2) is 97.3 Å². The summed E-state index contributed by atoms with van der Waals surface area (Å²) in [4.78, 5) is 0.